The molecule has 1 aromatic heterocycles. The number of halogens is 1. The Kier molecular flexibility index (Phi) is 10.5. The molecule has 1 atom stereocenters. The van der Waals surface area contributed by atoms with E-state index in [1.165, 1.54) is 35.4 Å². The van der Waals surface area contributed by atoms with Crippen LogP contribution in [0.2, 0.25) is 0 Å². The minimum atomic E-state index is -1.19. The molecule has 0 radical (unpaired) electrons. The molecule has 4 aromatic rings. The molecule has 0 saturated carbocycles. The first kappa shape index (κ1) is 30.8. The predicted molar refractivity (Wildman–Crippen MR) is 163 cm³/mol. The molecule has 0 unspecified atom stereocenters. The van der Waals surface area contributed by atoms with Crippen molar-refractivity contribution in [3.8, 4) is 5.75 Å². The van der Waals surface area contributed by atoms with E-state index in [0.29, 0.717) is 35.1 Å². The highest BCUT2D eigenvalue weighted by atomic mass is 19.1. The number of nitrogens with zero attached hydrogens (tertiary/aromatic N) is 1. The van der Waals surface area contributed by atoms with Gasteiger partial charge in [-0.15, -0.1) is 0 Å². The first-order chi connectivity index (χ1) is 20.7. The third kappa shape index (κ3) is 8.42. The minimum Gasteiger partial charge on any atom is -0.494 e. The number of benzene rings is 3. The van der Waals surface area contributed by atoms with Crippen molar-refractivity contribution in [1.82, 2.24) is 5.32 Å². The van der Waals surface area contributed by atoms with Crippen LogP contribution in [0.3, 0.4) is 0 Å². The average molecular weight is 584 g/mol. The largest absolute Gasteiger partial charge is 0.494 e. The van der Waals surface area contributed by atoms with Crippen LogP contribution in [0.15, 0.2) is 108 Å². The summed E-state index contributed by atoms with van der Waals surface area (Å²) in [7, 11) is 0. The van der Waals surface area contributed by atoms with Crippen LogP contribution in [0, 0.1) is 5.82 Å². The summed E-state index contributed by atoms with van der Waals surface area (Å²) in [6.45, 7) is 6.58. The van der Waals surface area contributed by atoms with E-state index in [-0.39, 0.29) is 12.5 Å². The summed E-state index contributed by atoms with van der Waals surface area (Å²) in [5.41, 5.74) is 2.37. The van der Waals surface area contributed by atoms with E-state index in [2.05, 4.69) is 10.6 Å². The minimum absolute atomic E-state index is 0.0815. The number of carbonyl (C=O) groups excluding carboxylic acids is 3. The molecule has 0 saturated heterocycles. The van der Waals surface area contributed by atoms with Gasteiger partial charge in [-0.05, 0) is 84.6 Å². The van der Waals surface area contributed by atoms with Gasteiger partial charge in [-0.2, -0.15) is 0 Å². The highest BCUT2D eigenvalue weighted by molar-refractivity contribution is 6.10. The number of hydrogen-bond acceptors (Lipinski definition) is 5. The van der Waals surface area contributed by atoms with Crippen molar-refractivity contribution in [2.24, 2.45) is 0 Å². The van der Waals surface area contributed by atoms with Gasteiger partial charge >= 0.3 is 0 Å². The lowest BCUT2D eigenvalue weighted by molar-refractivity contribution is -0.125. The first-order valence-electron chi connectivity index (χ1n) is 14.0. The SMILES string of the molecule is CCOc1ccc(NC(=O)/C=C\C(=O)N(c2ccc(C(C)C)cc2)[C@@H](C(=O)NCc2ccco2)c2ccc(F)cc2)cc1. The fourth-order valence-electron chi connectivity index (χ4n) is 4.38. The van der Waals surface area contributed by atoms with Crippen LogP contribution < -0.4 is 20.3 Å². The van der Waals surface area contributed by atoms with E-state index in [1.807, 2.05) is 32.9 Å². The highest BCUT2D eigenvalue weighted by Crippen LogP contribution is 2.30. The standard InChI is InChI=1S/C34H34FN3O5/c1-4-42-29-17-13-27(14-18-29)37-31(39)19-20-32(40)38(28-15-9-24(10-16-28)23(2)3)33(25-7-11-26(35)12-8-25)34(41)36-22-30-6-5-21-43-30/h5-21,23,33H,4,22H2,1-3H3,(H,36,41)(H,37,39)/b20-19-/t33-/m1/s1. The van der Waals surface area contributed by atoms with Crippen molar-refractivity contribution in [2.45, 2.75) is 39.3 Å². The predicted octanol–water partition coefficient (Wildman–Crippen LogP) is 6.53. The number of hydrogen-bond donors (Lipinski definition) is 2. The van der Waals surface area contributed by atoms with Gasteiger partial charge in [0, 0.05) is 23.5 Å². The second kappa shape index (κ2) is 14.6. The Morgan fingerprint density at radius 1 is 0.907 bits per heavy atom. The molecule has 43 heavy (non-hydrogen) atoms. The molecule has 3 amide bonds. The summed E-state index contributed by atoms with van der Waals surface area (Å²) in [6.07, 6.45) is 3.71. The molecule has 1 heterocycles. The first-order valence-corrected chi connectivity index (χ1v) is 14.0. The van der Waals surface area contributed by atoms with Crippen LogP contribution in [-0.4, -0.2) is 24.3 Å². The van der Waals surface area contributed by atoms with E-state index in [1.54, 1.807) is 48.5 Å². The number of ether oxygens (including phenoxy) is 1. The van der Waals surface area contributed by atoms with Gasteiger partial charge in [-0.1, -0.05) is 38.1 Å². The Balaban J connectivity index is 1.65. The zero-order chi connectivity index (χ0) is 30.8. The Bertz CT molecular complexity index is 1530. The molecule has 2 N–H and O–H groups in total. The summed E-state index contributed by atoms with van der Waals surface area (Å²) in [5.74, 6) is -0.720. The normalized spacial score (nSPS) is 11.7. The van der Waals surface area contributed by atoms with Crippen molar-refractivity contribution in [1.29, 1.82) is 0 Å². The Morgan fingerprint density at radius 3 is 2.19 bits per heavy atom. The maximum Gasteiger partial charge on any atom is 0.252 e. The number of furan rings is 1. The topological polar surface area (TPSA) is 101 Å². The molecule has 8 nitrogen and oxygen atoms in total. The van der Waals surface area contributed by atoms with Gasteiger partial charge in [-0.3, -0.25) is 19.3 Å². The lowest BCUT2D eigenvalue weighted by atomic mass is 10.0. The van der Waals surface area contributed by atoms with Crippen LogP contribution in [-0.2, 0) is 20.9 Å². The number of rotatable bonds is 12. The van der Waals surface area contributed by atoms with Gasteiger partial charge in [0.15, 0.2) is 0 Å². The van der Waals surface area contributed by atoms with Gasteiger partial charge < -0.3 is 19.8 Å². The Labute approximate surface area is 250 Å². The number of amides is 3. The molecule has 0 bridgehead atoms. The van der Waals surface area contributed by atoms with Crippen molar-refractivity contribution < 1.29 is 27.9 Å². The van der Waals surface area contributed by atoms with E-state index in [9.17, 15) is 18.8 Å². The smallest absolute Gasteiger partial charge is 0.252 e. The van der Waals surface area contributed by atoms with Gasteiger partial charge in [-0.25, -0.2) is 4.39 Å². The van der Waals surface area contributed by atoms with Crippen LogP contribution in [0.5, 0.6) is 5.75 Å². The number of anilines is 2. The van der Waals surface area contributed by atoms with E-state index in [0.717, 1.165) is 17.7 Å². The zero-order valence-corrected chi connectivity index (χ0v) is 24.3. The molecule has 4 rings (SSSR count). The van der Waals surface area contributed by atoms with Crippen LogP contribution in [0.1, 0.15) is 49.6 Å². The fraction of sp³-hybridized carbons (Fsp3) is 0.206. The summed E-state index contributed by atoms with van der Waals surface area (Å²) in [6, 6.07) is 21.7. The maximum atomic E-state index is 13.9. The summed E-state index contributed by atoms with van der Waals surface area (Å²) >= 11 is 0. The number of nitrogens with one attached hydrogen (secondary N) is 2. The lowest BCUT2D eigenvalue weighted by Crippen LogP contribution is -2.43. The molecule has 0 spiro atoms. The third-order valence-electron chi connectivity index (χ3n) is 6.59. The second-order valence-electron chi connectivity index (χ2n) is 9.99. The quantitative estimate of drug-likeness (QED) is 0.185. The van der Waals surface area contributed by atoms with Crippen molar-refractivity contribution in [2.75, 3.05) is 16.8 Å². The molecule has 3 aromatic carbocycles. The molecule has 222 valence electrons. The third-order valence-corrected chi connectivity index (χ3v) is 6.59. The summed E-state index contributed by atoms with van der Waals surface area (Å²) in [5, 5.41) is 5.52. The number of carbonyl (C=O) groups is 3. The summed E-state index contributed by atoms with van der Waals surface area (Å²) in [4.78, 5) is 41.5. The highest BCUT2D eigenvalue weighted by Gasteiger charge is 2.32. The van der Waals surface area contributed by atoms with Crippen LogP contribution in [0.4, 0.5) is 15.8 Å². The Hall–Kier alpha value is -5.18. The van der Waals surface area contributed by atoms with E-state index >= 15 is 0 Å². The van der Waals surface area contributed by atoms with E-state index < -0.39 is 29.6 Å². The monoisotopic (exact) mass is 583 g/mol. The van der Waals surface area contributed by atoms with Crippen molar-refractivity contribution in [3.63, 3.8) is 0 Å². The molecule has 0 aliphatic rings. The van der Waals surface area contributed by atoms with Crippen LogP contribution in [0.25, 0.3) is 0 Å². The molecule has 0 aliphatic heterocycles. The van der Waals surface area contributed by atoms with Crippen LogP contribution >= 0.6 is 0 Å². The van der Waals surface area contributed by atoms with E-state index in [4.69, 9.17) is 9.15 Å². The van der Waals surface area contributed by atoms with Gasteiger partial charge in [0.05, 0.1) is 19.4 Å². The van der Waals surface area contributed by atoms with Gasteiger partial charge in [0.2, 0.25) is 11.8 Å². The van der Waals surface area contributed by atoms with Gasteiger partial charge in [0.1, 0.15) is 23.4 Å². The fourth-order valence-corrected chi connectivity index (χ4v) is 4.38. The molecular formula is C34H34FN3O5. The zero-order valence-electron chi connectivity index (χ0n) is 24.3. The van der Waals surface area contributed by atoms with Crippen molar-refractivity contribution >= 4 is 29.1 Å². The molecular weight excluding hydrogens is 549 g/mol. The maximum absolute atomic E-state index is 13.9. The second-order valence-corrected chi connectivity index (χ2v) is 9.99. The average Bonchev–Trinajstić information content (AvgIpc) is 3.53. The Morgan fingerprint density at radius 2 is 1.58 bits per heavy atom. The molecule has 0 fully saturated rings. The lowest BCUT2D eigenvalue weighted by Gasteiger charge is -2.31. The molecule has 9 heteroatoms. The van der Waals surface area contributed by atoms with Crippen molar-refractivity contribution in [3.05, 3.63) is 126 Å². The summed E-state index contributed by atoms with van der Waals surface area (Å²) < 4.78 is 24.6. The molecule has 0 aliphatic carbocycles. The van der Waals surface area contributed by atoms with Gasteiger partial charge in [0.25, 0.3) is 5.91 Å².